The lowest BCUT2D eigenvalue weighted by atomic mass is 10.1. The molecule has 0 radical (unpaired) electrons. The molecule has 2 N–H and O–H groups in total. The number of aryl methyl sites for hydroxylation is 1. The fourth-order valence-corrected chi connectivity index (χ4v) is 1.35. The van der Waals surface area contributed by atoms with Crippen LogP contribution in [0.25, 0.3) is 0 Å². The van der Waals surface area contributed by atoms with Crippen LogP contribution in [0.1, 0.15) is 29.8 Å². The third kappa shape index (κ3) is 3.42. The first-order valence-corrected chi connectivity index (χ1v) is 5.22. The van der Waals surface area contributed by atoms with Gasteiger partial charge in [0.1, 0.15) is 5.75 Å². The maximum absolute atomic E-state index is 11.7. The average Bonchev–Trinajstić information content (AvgIpc) is 2.16. The number of nitrogens with one attached hydrogen (secondary N) is 1. The maximum Gasteiger partial charge on any atom is 0.251 e. The van der Waals surface area contributed by atoms with Crippen LogP contribution in [-0.4, -0.2) is 17.6 Å². The molecule has 0 aliphatic heterocycles. The molecule has 0 saturated carbocycles. The molecule has 1 aromatic rings. The van der Waals surface area contributed by atoms with Crippen molar-refractivity contribution in [3.05, 3.63) is 41.0 Å². The van der Waals surface area contributed by atoms with Gasteiger partial charge >= 0.3 is 0 Å². The molecule has 0 unspecified atom stereocenters. The number of amides is 1. The predicted octanol–water partition coefficient (Wildman–Crippen LogP) is 2.40. The zero-order valence-corrected chi connectivity index (χ0v) is 9.87. The molecule has 3 nitrogen and oxygen atoms in total. The normalized spacial score (nSPS) is 9.69. The Hall–Kier alpha value is -1.77. The van der Waals surface area contributed by atoms with Gasteiger partial charge in [-0.05, 0) is 44.5 Å². The minimum atomic E-state index is -0.116. The molecular formula is C13H17NO2. The van der Waals surface area contributed by atoms with Crippen molar-refractivity contribution in [2.45, 2.75) is 20.8 Å². The summed E-state index contributed by atoms with van der Waals surface area (Å²) in [5.74, 6) is 0.0633. The van der Waals surface area contributed by atoms with E-state index in [1.54, 1.807) is 19.1 Å². The molecule has 86 valence electrons. The number of hydrogen-bond acceptors (Lipinski definition) is 2. The Kier molecular flexibility index (Phi) is 4.11. The Morgan fingerprint density at radius 3 is 2.69 bits per heavy atom. The van der Waals surface area contributed by atoms with Gasteiger partial charge in [0.15, 0.2) is 0 Å². The van der Waals surface area contributed by atoms with E-state index in [1.165, 1.54) is 11.6 Å². The Balaban J connectivity index is 2.70. The zero-order valence-electron chi connectivity index (χ0n) is 9.87. The van der Waals surface area contributed by atoms with Crippen LogP contribution in [0, 0.1) is 6.92 Å². The molecule has 3 heteroatoms. The number of allylic oxidation sites excluding steroid dienone is 1. The quantitative estimate of drug-likeness (QED) is 0.767. The highest BCUT2D eigenvalue weighted by molar-refractivity contribution is 5.95. The fourth-order valence-electron chi connectivity index (χ4n) is 1.35. The van der Waals surface area contributed by atoms with Crippen molar-refractivity contribution in [1.29, 1.82) is 0 Å². The summed E-state index contributed by atoms with van der Waals surface area (Å²) in [6, 6.07) is 4.72. The third-order valence-corrected chi connectivity index (χ3v) is 2.23. The van der Waals surface area contributed by atoms with Crippen molar-refractivity contribution in [1.82, 2.24) is 5.32 Å². The number of phenolic OH excluding ortho intramolecular Hbond substituents is 1. The van der Waals surface area contributed by atoms with Gasteiger partial charge in [-0.15, -0.1) is 0 Å². The van der Waals surface area contributed by atoms with Gasteiger partial charge in [-0.2, -0.15) is 0 Å². The lowest BCUT2D eigenvalue weighted by Gasteiger charge is -2.06. The fraction of sp³-hybridized carbons (Fsp3) is 0.308. The van der Waals surface area contributed by atoms with Gasteiger partial charge in [0, 0.05) is 12.1 Å². The van der Waals surface area contributed by atoms with Gasteiger partial charge in [0.2, 0.25) is 0 Å². The third-order valence-electron chi connectivity index (χ3n) is 2.23. The van der Waals surface area contributed by atoms with Crippen molar-refractivity contribution >= 4 is 5.91 Å². The van der Waals surface area contributed by atoms with E-state index in [4.69, 9.17) is 0 Å². The minimum absolute atomic E-state index is 0.116. The number of aromatic hydroxyl groups is 1. The lowest BCUT2D eigenvalue weighted by Crippen LogP contribution is -2.24. The highest BCUT2D eigenvalue weighted by Gasteiger charge is 2.07. The van der Waals surface area contributed by atoms with Gasteiger partial charge in [0.05, 0.1) is 0 Å². The van der Waals surface area contributed by atoms with Crippen molar-refractivity contribution in [2.24, 2.45) is 0 Å². The predicted molar refractivity (Wildman–Crippen MR) is 64.6 cm³/mol. The average molecular weight is 219 g/mol. The van der Waals surface area contributed by atoms with E-state index < -0.39 is 0 Å². The van der Waals surface area contributed by atoms with E-state index in [-0.39, 0.29) is 11.7 Å². The molecular weight excluding hydrogens is 202 g/mol. The number of benzene rings is 1. The van der Waals surface area contributed by atoms with Crippen LogP contribution in [0.5, 0.6) is 5.75 Å². The number of rotatable bonds is 3. The summed E-state index contributed by atoms with van der Waals surface area (Å²) >= 11 is 0. The van der Waals surface area contributed by atoms with Crippen LogP contribution in [-0.2, 0) is 0 Å². The highest BCUT2D eigenvalue weighted by atomic mass is 16.3. The Morgan fingerprint density at radius 1 is 1.44 bits per heavy atom. The Bertz CT molecular complexity index is 418. The molecule has 0 aliphatic carbocycles. The van der Waals surface area contributed by atoms with Crippen LogP contribution in [0.15, 0.2) is 29.8 Å². The SMILES string of the molecule is CC(C)=CCNC(=O)c1ccc(O)cc1C. The maximum atomic E-state index is 11.7. The van der Waals surface area contributed by atoms with E-state index in [0.717, 1.165) is 5.56 Å². The summed E-state index contributed by atoms with van der Waals surface area (Å²) in [5.41, 5.74) is 2.54. The van der Waals surface area contributed by atoms with Crippen molar-refractivity contribution in [3.63, 3.8) is 0 Å². The minimum Gasteiger partial charge on any atom is -0.508 e. The topological polar surface area (TPSA) is 49.3 Å². The molecule has 1 rings (SSSR count). The number of hydrogen-bond donors (Lipinski definition) is 2. The molecule has 0 spiro atoms. The van der Waals surface area contributed by atoms with E-state index in [0.29, 0.717) is 12.1 Å². The molecule has 0 bridgehead atoms. The summed E-state index contributed by atoms with van der Waals surface area (Å²) in [4.78, 5) is 11.7. The summed E-state index contributed by atoms with van der Waals surface area (Å²) in [7, 11) is 0. The lowest BCUT2D eigenvalue weighted by molar-refractivity contribution is 0.0957. The molecule has 16 heavy (non-hydrogen) atoms. The highest BCUT2D eigenvalue weighted by Crippen LogP contribution is 2.15. The van der Waals surface area contributed by atoms with E-state index in [9.17, 15) is 9.90 Å². The first-order valence-electron chi connectivity index (χ1n) is 5.22. The molecule has 0 fully saturated rings. The second-order valence-electron chi connectivity index (χ2n) is 3.99. The van der Waals surface area contributed by atoms with Crippen LogP contribution in [0.3, 0.4) is 0 Å². The largest absolute Gasteiger partial charge is 0.508 e. The summed E-state index contributed by atoms with van der Waals surface area (Å²) in [6.45, 7) is 6.30. The molecule has 0 aromatic heterocycles. The Morgan fingerprint density at radius 2 is 2.12 bits per heavy atom. The van der Waals surface area contributed by atoms with Crippen molar-refractivity contribution < 1.29 is 9.90 Å². The molecule has 1 amide bonds. The first kappa shape index (κ1) is 12.3. The molecule has 1 aromatic carbocycles. The van der Waals surface area contributed by atoms with E-state index >= 15 is 0 Å². The molecule has 0 aliphatic rings. The van der Waals surface area contributed by atoms with Gasteiger partial charge in [-0.25, -0.2) is 0 Å². The summed E-state index contributed by atoms with van der Waals surface area (Å²) < 4.78 is 0. The summed E-state index contributed by atoms with van der Waals surface area (Å²) in [6.07, 6.45) is 1.95. The van der Waals surface area contributed by atoms with Gasteiger partial charge < -0.3 is 10.4 Å². The van der Waals surface area contributed by atoms with Crippen LogP contribution < -0.4 is 5.32 Å². The van der Waals surface area contributed by atoms with Gasteiger partial charge in [0.25, 0.3) is 5.91 Å². The van der Waals surface area contributed by atoms with Crippen molar-refractivity contribution in [2.75, 3.05) is 6.54 Å². The molecule has 0 atom stereocenters. The number of carbonyl (C=O) groups is 1. The second kappa shape index (κ2) is 5.35. The monoisotopic (exact) mass is 219 g/mol. The van der Waals surface area contributed by atoms with Gasteiger partial charge in [-0.3, -0.25) is 4.79 Å². The van der Waals surface area contributed by atoms with Crippen LogP contribution in [0.2, 0.25) is 0 Å². The zero-order chi connectivity index (χ0) is 12.1. The van der Waals surface area contributed by atoms with Crippen LogP contribution in [0.4, 0.5) is 0 Å². The number of carbonyl (C=O) groups excluding carboxylic acids is 1. The summed E-state index contributed by atoms with van der Waals surface area (Å²) in [5, 5.41) is 12.0. The first-order chi connectivity index (χ1) is 7.50. The van der Waals surface area contributed by atoms with E-state index in [1.807, 2.05) is 19.9 Å². The van der Waals surface area contributed by atoms with Crippen molar-refractivity contribution in [3.8, 4) is 5.75 Å². The van der Waals surface area contributed by atoms with Gasteiger partial charge in [-0.1, -0.05) is 11.6 Å². The standard InChI is InChI=1S/C13H17NO2/c1-9(2)6-7-14-13(16)12-5-4-11(15)8-10(12)3/h4-6,8,15H,7H2,1-3H3,(H,14,16). The number of phenols is 1. The molecule has 0 saturated heterocycles. The Labute approximate surface area is 95.8 Å². The smallest absolute Gasteiger partial charge is 0.251 e. The van der Waals surface area contributed by atoms with E-state index in [2.05, 4.69) is 5.32 Å². The second-order valence-corrected chi connectivity index (χ2v) is 3.99. The van der Waals surface area contributed by atoms with Crippen LogP contribution >= 0.6 is 0 Å². The molecule has 0 heterocycles.